The molecule has 0 spiro atoms. The van der Waals surface area contributed by atoms with Crippen LogP contribution in [0.3, 0.4) is 0 Å². The maximum Gasteiger partial charge on any atom is 0.326 e. The summed E-state index contributed by atoms with van der Waals surface area (Å²) in [6.07, 6.45) is 5.46. The van der Waals surface area contributed by atoms with Crippen LogP contribution >= 0.6 is 0 Å². The molecule has 0 radical (unpaired) electrons. The lowest BCUT2D eigenvalue weighted by molar-refractivity contribution is -0.139. The van der Waals surface area contributed by atoms with Crippen LogP contribution in [0.4, 0.5) is 4.79 Å². The van der Waals surface area contributed by atoms with Gasteiger partial charge in [0.05, 0.1) is 0 Å². The molecule has 1 aromatic carbocycles. The van der Waals surface area contributed by atoms with Crippen molar-refractivity contribution in [3.05, 3.63) is 35.9 Å². The maximum atomic E-state index is 13.7. The quantitative estimate of drug-likeness (QED) is 0.155. The summed E-state index contributed by atoms with van der Waals surface area (Å²) >= 11 is 0. The van der Waals surface area contributed by atoms with Crippen molar-refractivity contribution in [3.8, 4) is 0 Å². The van der Waals surface area contributed by atoms with Gasteiger partial charge in [-0.25, -0.2) is 9.59 Å². The Balaban J connectivity index is 1.77. The van der Waals surface area contributed by atoms with Crippen LogP contribution in [-0.4, -0.2) is 84.5 Å². The van der Waals surface area contributed by atoms with Crippen molar-refractivity contribution in [2.24, 2.45) is 17.6 Å². The minimum Gasteiger partial charge on any atom is -0.480 e. The predicted octanol–water partition coefficient (Wildman–Crippen LogP) is 0.421. The SMILES string of the molecule is N=C(N)C(C(=O)NCC1CCCNC1)[C@H](NC(=O)N[C@@H](Cc1ccccc1)C(=O)O)C(=O)N1CCCCCC1. The number of nitrogens with zero attached hydrogens (tertiary/aromatic N) is 1. The lowest BCUT2D eigenvalue weighted by Gasteiger charge is -2.32. The number of hydrogen-bond acceptors (Lipinski definition) is 6. The molecule has 214 valence electrons. The highest BCUT2D eigenvalue weighted by atomic mass is 16.4. The Morgan fingerprint density at radius 3 is 2.33 bits per heavy atom. The lowest BCUT2D eigenvalue weighted by Crippen LogP contribution is -2.61. The Kier molecular flexibility index (Phi) is 11.5. The first kappa shape index (κ1) is 29.9. The molecule has 39 heavy (non-hydrogen) atoms. The fourth-order valence-corrected chi connectivity index (χ4v) is 5.09. The van der Waals surface area contributed by atoms with Gasteiger partial charge in [0.25, 0.3) is 0 Å². The number of carboxylic acid groups (broad SMARTS) is 1. The first-order valence-corrected chi connectivity index (χ1v) is 13.7. The number of benzene rings is 1. The monoisotopic (exact) mass is 543 g/mol. The largest absolute Gasteiger partial charge is 0.480 e. The summed E-state index contributed by atoms with van der Waals surface area (Å²) in [5, 5.41) is 28.9. The van der Waals surface area contributed by atoms with E-state index in [0.29, 0.717) is 25.2 Å². The molecule has 0 saturated carbocycles. The van der Waals surface area contributed by atoms with E-state index in [2.05, 4.69) is 21.3 Å². The van der Waals surface area contributed by atoms with E-state index in [4.69, 9.17) is 11.1 Å². The van der Waals surface area contributed by atoms with Crippen LogP contribution in [-0.2, 0) is 20.8 Å². The molecule has 1 aromatic rings. The Morgan fingerprint density at radius 2 is 1.74 bits per heavy atom. The molecule has 12 nitrogen and oxygen atoms in total. The van der Waals surface area contributed by atoms with E-state index in [0.717, 1.165) is 51.6 Å². The van der Waals surface area contributed by atoms with Gasteiger partial charge in [0.15, 0.2) is 0 Å². The van der Waals surface area contributed by atoms with E-state index in [-0.39, 0.29) is 12.3 Å². The third-order valence-corrected chi connectivity index (χ3v) is 7.27. The number of nitrogens with two attached hydrogens (primary N) is 1. The number of piperidine rings is 1. The molecule has 0 aromatic heterocycles. The summed E-state index contributed by atoms with van der Waals surface area (Å²) in [5.41, 5.74) is 6.56. The third-order valence-electron chi connectivity index (χ3n) is 7.27. The average molecular weight is 544 g/mol. The summed E-state index contributed by atoms with van der Waals surface area (Å²) in [4.78, 5) is 53.5. The molecule has 2 aliphatic rings. The van der Waals surface area contributed by atoms with Gasteiger partial charge in [-0.1, -0.05) is 43.2 Å². The van der Waals surface area contributed by atoms with Crippen molar-refractivity contribution >= 4 is 29.7 Å². The Labute approximate surface area is 229 Å². The van der Waals surface area contributed by atoms with Gasteiger partial charge in [-0.05, 0) is 50.3 Å². The van der Waals surface area contributed by atoms with Crippen molar-refractivity contribution in [2.75, 3.05) is 32.7 Å². The van der Waals surface area contributed by atoms with Crippen LogP contribution in [0, 0.1) is 17.2 Å². The summed E-state index contributed by atoms with van der Waals surface area (Å²) in [6.45, 7) is 2.95. The molecule has 2 saturated heterocycles. The molecule has 2 unspecified atom stereocenters. The second kappa shape index (κ2) is 15.1. The number of amides is 4. The summed E-state index contributed by atoms with van der Waals surface area (Å²) < 4.78 is 0. The average Bonchev–Trinajstić information content (AvgIpc) is 3.21. The number of carbonyl (C=O) groups is 4. The second-order valence-corrected chi connectivity index (χ2v) is 10.3. The van der Waals surface area contributed by atoms with Crippen molar-refractivity contribution in [1.82, 2.24) is 26.2 Å². The van der Waals surface area contributed by atoms with Crippen molar-refractivity contribution < 1.29 is 24.3 Å². The zero-order chi connectivity index (χ0) is 28.2. The van der Waals surface area contributed by atoms with Crippen molar-refractivity contribution in [1.29, 1.82) is 5.41 Å². The minimum absolute atomic E-state index is 0.0282. The highest BCUT2D eigenvalue weighted by Gasteiger charge is 2.40. The number of likely N-dealkylation sites (tertiary alicyclic amines) is 1. The topological polar surface area (TPSA) is 190 Å². The highest BCUT2D eigenvalue weighted by Crippen LogP contribution is 2.16. The number of nitrogens with one attached hydrogen (secondary N) is 5. The van der Waals surface area contributed by atoms with E-state index in [1.165, 1.54) is 0 Å². The van der Waals surface area contributed by atoms with E-state index in [9.17, 15) is 24.3 Å². The van der Waals surface area contributed by atoms with Crippen LogP contribution in [0.25, 0.3) is 0 Å². The first-order valence-electron chi connectivity index (χ1n) is 13.7. The third kappa shape index (κ3) is 9.24. The molecular formula is C27H41N7O5. The van der Waals surface area contributed by atoms with Gasteiger partial charge in [-0.3, -0.25) is 15.0 Å². The molecule has 3 rings (SSSR count). The highest BCUT2D eigenvalue weighted by molar-refractivity contribution is 6.07. The molecule has 0 bridgehead atoms. The van der Waals surface area contributed by atoms with Gasteiger partial charge >= 0.3 is 12.0 Å². The number of carboxylic acids is 1. The van der Waals surface area contributed by atoms with Crippen molar-refractivity contribution in [2.45, 2.75) is 57.0 Å². The molecule has 2 aliphatic heterocycles. The number of carbonyl (C=O) groups excluding carboxylic acids is 3. The molecule has 4 atom stereocenters. The molecule has 2 fully saturated rings. The zero-order valence-electron chi connectivity index (χ0n) is 22.3. The Bertz CT molecular complexity index is 991. The van der Waals surface area contributed by atoms with E-state index >= 15 is 0 Å². The number of hydrogen-bond donors (Lipinski definition) is 7. The summed E-state index contributed by atoms with van der Waals surface area (Å²) in [6, 6.07) is 5.17. The fourth-order valence-electron chi connectivity index (χ4n) is 5.09. The van der Waals surface area contributed by atoms with Crippen LogP contribution < -0.4 is 27.0 Å². The van der Waals surface area contributed by atoms with Crippen LogP contribution in [0.1, 0.15) is 44.1 Å². The van der Waals surface area contributed by atoms with Gasteiger partial charge in [-0.15, -0.1) is 0 Å². The zero-order valence-corrected chi connectivity index (χ0v) is 22.3. The molecule has 12 heteroatoms. The lowest BCUT2D eigenvalue weighted by atomic mass is 9.94. The second-order valence-electron chi connectivity index (χ2n) is 10.3. The number of rotatable bonds is 11. The van der Waals surface area contributed by atoms with Gasteiger partial charge in [0, 0.05) is 26.1 Å². The predicted molar refractivity (Wildman–Crippen MR) is 146 cm³/mol. The molecule has 4 amide bonds. The number of urea groups is 1. The van der Waals surface area contributed by atoms with E-state index < -0.39 is 47.7 Å². The minimum atomic E-state index is -1.46. The molecule has 0 aliphatic carbocycles. The Hall–Kier alpha value is -3.67. The van der Waals surface area contributed by atoms with Gasteiger partial charge < -0.3 is 37.0 Å². The van der Waals surface area contributed by atoms with Crippen LogP contribution in [0.15, 0.2) is 30.3 Å². The van der Waals surface area contributed by atoms with Crippen LogP contribution in [0.5, 0.6) is 0 Å². The van der Waals surface area contributed by atoms with Crippen molar-refractivity contribution in [3.63, 3.8) is 0 Å². The summed E-state index contributed by atoms with van der Waals surface area (Å²) in [7, 11) is 0. The number of amidine groups is 1. The standard InChI is InChI=1S/C27H41N7O5/c28-23(29)21(24(35)31-17-19-11-8-12-30-16-19)22(25(36)34-13-6-1-2-7-14-34)33-27(39)32-20(26(37)38)15-18-9-4-3-5-10-18/h3-5,9-10,19-22,30H,1-2,6-8,11-17H2,(H3,28,29)(H,31,35)(H,37,38)(H2,32,33,39)/t19?,20-,21?,22-/m0/s1. The summed E-state index contributed by atoms with van der Waals surface area (Å²) in [5.74, 6) is -4.17. The van der Waals surface area contributed by atoms with E-state index in [1.807, 2.05) is 0 Å². The molecule has 8 N–H and O–H groups in total. The molecular weight excluding hydrogens is 502 g/mol. The smallest absolute Gasteiger partial charge is 0.326 e. The van der Waals surface area contributed by atoms with Gasteiger partial charge in [0.2, 0.25) is 11.8 Å². The van der Waals surface area contributed by atoms with Gasteiger partial charge in [-0.2, -0.15) is 0 Å². The normalized spacial score (nSPS) is 20.0. The maximum absolute atomic E-state index is 13.7. The van der Waals surface area contributed by atoms with Crippen LogP contribution in [0.2, 0.25) is 0 Å². The van der Waals surface area contributed by atoms with E-state index in [1.54, 1.807) is 35.2 Å². The fraction of sp³-hybridized carbons (Fsp3) is 0.593. The molecule has 2 heterocycles. The van der Waals surface area contributed by atoms with Gasteiger partial charge in [0.1, 0.15) is 23.8 Å². The first-order chi connectivity index (χ1) is 18.8. The number of aliphatic carboxylic acids is 1. The Morgan fingerprint density at radius 1 is 1.05 bits per heavy atom.